The number of carbonyl (C=O) groups is 1. The Bertz CT molecular complexity index is 681. The molecule has 0 fully saturated rings. The van der Waals surface area contributed by atoms with Crippen molar-refractivity contribution in [2.75, 3.05) is 0 Å². The molecule has 0 spiro atoms. The quantitative estimate of drug-likeness (QED) is 0.604. The fourth-order valence-electron chi connectivity index (χ4n) is 1.79. The minimum absolute atomic E-state index is 0.279. The van der Waals surface area contributed by atoms with Crippen molar-refractivity contribution in [3.05, 3.63) is 33.9 Å². The van der Waals surface area contributed by atoms with Crippen LogP contribution in [0.4, 0.5) is 5.69 Å². The highest BCUT2D eigenvalue weighted by atomic mass is 32.2. The van der Waals surface area contributed by atoms with Crippen molar-refractivity contribution >= 4 is 21.7 Å². The maximum atomic E-state index is 12.2. The van der Waals surface area contributed by atoms with Gasteiger partial charge in [-0.3, -0.25) is 14.9 Å². The van der Waals surface area contributed by atoms with Gasteiger partial charge in [-0.2, -0.15) is 0 Å². The fourth-order valence-corrected chi connectivity index (χ4v) is 3.22. The van der Waals surface area contributed by atoms with E-state index in [0.29, 0.717) is 5.56 Å². The molecule has 0 saturated heterocycles. The summed E-state index contributed by atoms with van der Waals surface area (Å²) in [5, 5.41) is 19.6. The number of nitro groups is 1. The molecule has 0 aliphatic carbocycles. The topological polar surface area (TPSA) is 127 Å². The summed E-state index contributed by atoms with van der Waals surface area (Å²) in [7, 11) is -4.05. The Morgan fingerprint density at radius 2 is 2.00 bits per heavy atom. The van der Waals surface area contributed by atoms with Crippen LogP contribution in [0.3, 0.4) is 0 Å². The average Bonchev–Trinajstić information content (AvgIpc) is 2.24. The van der Waals surface area contributed by atoms with Crippen LogP contribution in [0.15, 0.2) is 23.1 Å². The van der Waals surface area contributed by atoms with Crippen molar-refractivity contribution in [3.8, 4) is 0 Å². The molecule has 0 amide bonds. The van der Waals surface area contributed by atoms with Gasteiger partial charge in [-0.05, 0) is 26.8 Å². The first-order chi connectivity index (χ1) is 9.44. The number of rotatable bonds is 6. The number of carboxylic acids is 1. The minimum Gasteiger partial charge on any atom is -0.481 e. The lowest BCUT2D eigenvalue weighted by molar-refractivity contribution is -0.385. The third-order valence-corrected chi connectivity index (χ3v) is 4.39. The lowest BCUT2D eigenvalue weighted by Gasteiger charge is -2.23. The monoisotopic (exact) mass is 316 g/mol. The summed E-state index contributed by atoms with van der Waals surface area (Å²) in [5.41, 5.74) is -1.19. The summed E-state index contributed by atoms with van der Waals surface area (Å²) in [6.07, 6.45) is -0.416. The van der Waals surface area contributed by atoms with Crippen LogP contribution in [-0.4, -0.2) is 30.0 Å². The Morgan fingerprint density at radius 1 is 1.43 bits per heavy atom. The Kier molecular flexibility index (Phi) is 4.69. The molecule has 0 aliphatic rings. The van der Waals surface area contributed by atoms with Gasteiger partial charge in [0.1, 0.15) is 0 Å². The van der Waals surface area contributed by atoms with Crippen molar-refractivity contribution < 1.29 is 23.2 Å². The smallest absolute Gasteiger partial charge is 0.305 e. The number of nitrogens with one attached hydrogen (secondary N) is 1. The van der Waals surface area contributed by atoms with E-state index in [4.69, 9.17) is 5.11 Å². The summed E-state index contributed by atoms with van der Waals surface area (Å²) < 4.78 is 26.6. The number of hydrogen-bond donors (Lipinski definition) is 2. The highest BCUT2D eigenvalue weighted by molar-refractivity contribution is 7.89. The summed E-state index contributed by atoms with van der Waals surface area (Å²) in [6, 6.07) is 3.52. The predicted molar refractivity (Wildman–Crippen MR) is 74.5 cm³/mol. The molecule has 1 aromatic rings. The van der Waals surface area contributed by atoms with E-state index < -0.39 is 32.9 Å². The van der Waals surface area contributed by atoms with E-state index in [2.05, 4.69) is 4.72 Å². The molecule has 0 aliphatic heterocycles. The van der Waals surface area contributed by atoms with Crippen LogP contribution in [0, 0.1) is 17.0 Å². The number of aliphatic carboxylic acids is 1. The van der Waals surface area contributed by atoms with Crippen LogP contribution < -0.4 is 4.72 Å². The Morgan fingerprint density at radius 3 is 2.48 bits per heavy atom. The number of nitro benzene ring substituents is 1. The van der Waals surface area contributed by atoms with Crippen molar-refractivity contribution in [3.63, 3.8) is 0 Å². The van der Waals surface area contributed by atoms with Gasteiger partial charge in [0.25, 0.3) is 5.69 Å². The zero-order chi connectivity index (χ0) is 16.4. The largest absolute Gasteiger partial charge is 0.481 e. The number of nitrogens with zero attached hydrogens (tertiary/aromatic N) is 1. The minimum atomic E-state index is -4.05. The molecule has 8 nitrogen and oxygen atoms in total. The highest BCUT2D eigenvalue weighted by Gasteiger charge is 2.29. The van der Waals surface area contributed by atoms with Crippen LogP contribution in [0.2, 0.25) is 0 Å². The van der Waals surface area contributed by atoms with Crippen LogP contribution >= 0.6 is 0 Å². The van der Waals surface area contributed by atoms with Gasteiger partial charge in [-0.1, -0.05) is 6.07 Å². The second-order valence-corrected chi connectivity index (χ2v) is 6.95. The van der Waals surface area contributed by atoms with Gasteiger partial charge in [0, 0.05) is 17.2 Å². The first-order valence-electron chi connectivity index (χ1n) is 5.95. The highest BCUT2D eigenvalue weighted by Crippen LogP contribution is 2.23. The van der Waals surface area contributed by atoms with Crippen molar-refractivity contribution in [1.29, 1.82) is 0 Å². The average molecular weight is 316 g/mol. The first-order valence-corrected chi connectivity index (χ1v) is 7.44. The molecular weight excluding hydrogens is 300 g/mol. The standard InChI is InChI=1S/C12H16N2O6S/c1-8-4-5-9(6-10(8)14(17)18)21(19,20)13-12(2,3)7-11(15)16/h4-6,13H,7H2,1-3H3,(H,15,16). The molecule has 0 unspecified atom stereocenters. The molecule has 1 aromatic carbocycles. The summed E-state index contributed by atoms with van der Waals surface area (Å²) in [6.45, 7) is 4.33. The van der Waals surface area contributed by atoms with Crippen molar-refractivity contribution in [1.82, 2.24) is 4.72 Å². The molecule has 1 rings (SSSR count). The fraction of sp³-hybridized carbons (Fsp3) is 0.417. The van der Waals surface area contributed by atoms with Crippen molar-refractivity contribution in [2.24, 2.45) is 0 Å². The molecule has 116 valence electrons. The van der Waals surface area contributed by atoms with E-state index in [9.17, 15) is 23.3 Å². The molecule has 0 saturated carbocycles. The van der Waals surface area contributed by atoms with Gasteiger partial charge in [-0.25, -0.2) is 13.1 Å². The first kappa shape index (κ1) is 17.1. The zero-order valence-electron chi connectivity index (χ0n) is 11.8. The number of hydrogen-bond acceptors (Lipinski definition) is 5. The van der Waals surface area contributed by atoms with E-state index >= 15 is 0 Å². The second-order valence-electron chi connectivity index (χ2n) is 5.27. The molecule has 0 radical (unpaired) electrons. The Labute approximate surface area is 122 Å². The van der Waals surface area contributed by atoms with Gasteiger partial charge in [0.2, 0.25) is 10.0 Å². The lowest BCUT2D eigenvalue weighted by Crippen LogP contribution is -2.44. The van der Waals surface area contributed by atoms with Gasteiger partial charge in [0.05, 0.1) is 16.2 Å². The Balaban J connectivity index is 3.17. The lowest BCUT2D eigenvalue weighted by atomic mass is 10.0. The van der Waals surface area contributed by atoms with Crippen molar-refractivity contribution in [2.45, 2.75) is 37.6 Å². The molecule has 9 heteroatoms. The van der Waals surface area contributed by atoms with Crippen LogP contribution in [0.5, 0.6) is 0 Å². The number of benzene rings is 1. The number of sulfonamides is 1. The molecule has 2 N–H and O–H groups in total. The molecular formula is C12H16N2O6S. The van der Waals surface area contributed by atoms with E-state index in [0.717, 1.165) is 6.07 Å². The van der Waals surface area contributed by atoms with E-state index in [1.807, 2.05) is 0 Å². The maximum absolute atomic E-state index is 12.2. The SMILES string of the molecule is Cc1ccc(S(=O)(=O)NC(C)(C)CC(=O)O)cc1[N+](=O)[O-]. The summed E-state index contributed by atoms with van der Waals surface area (Å²) >= 11 is 0. The van der Waals surface area contributed by atoms with E-state index in [1.165, 1.54) is 32.9 Å². The molecule has 0 bridgehead atoms. The van der Waals surface area contributed by atoms with Crippen LogP contribution in [-0.2, 0) is 14.8 Å². The zero-order valence-corrected chi connectivity index (χ0v) is 12.6. The van der Waals surface area contributed by atoms with Gasteiger partial charge in [0.15, 0.2) is 0 Å². The maximum Gasteiger partial charge on any atom is 0.305 e. The third kappa shape index (κ3) is 4.50. The second kappa shape index (κ2) is 5.78. The summed E-state index contributed by atoms with van der Waals surface area (Å²) in [4.78, 5) is 20.6. The van der Waals surface area contributed by atoms with Gasteiger partial charge in [-0.15, -0.1) is 0 Å². The predicted octanol–water partition coefficient (Wildman–Crippen LogP) is 1.43. The number of aryl methyl sites for hydroxylation is 1. The number of carboxylic acid groups (broad SMARTS) is 1. The third-order valence-electron chi connectivity index (χ3n) is 2.69. The normalized spacial score (nSPS) is 12.1. The van der Waals surface area contributed by atoms with E-state index in [-0.39, 0.29) is 10.6 Å². The van der Waals surface area contributed by atoms with Gasteiger partial charge < -0.3 is 5.11 Å². The van der Waals surface area contributed by atoms with Crippen LogP contribution in [0.25, 0.3) is 0 Å². The Hall–Kier alpha value is -2.00. The van der Waals surface area contributed by atoms with Crippen LogP contribution in [0.1, 0.15) is 25.8 Å². The molecule has 0 atom stereocenters. The van der Waals surface area contributed by atoms with E-state index in [1.54, 1.807) is 0 Å². The molecule has 21 heavy (non-hydrogen) atoms. The summed E-state index contributed by atoms with van der Waals surface area (Å²) in [5.74, 6) is -1.16. The van der Waals surface area contributed by atoms with Gasteiger partial charge >= 0.3 is 5.97 Å². The molecule has 0 heterocycles. The molecule has 0 aromatic heterocycles.